The molecule has 0 radical (unpaired) electrons. The third kappa shape index (κ3) is 11.3. The molecule has 286 valence electrons. The molecule has 1 aliphatic heterocycles. The number of esters is 1. The van der Waals surface area contributed by atoms with Crippen LogP contribution in [0.4, 0.5) is 10.6 Å². The molecule has 13 nitrogen and oxygen atoms in total. The average Bonchev–Trinajstić information content (AvgIpc) is 3.60. The lowest BCUT2D eigenvalue weighted by molar-refractivity contribution is -0.148. The lowest BCUT2D eigenvalue weighted by Gasteiger charge is -2.33. The van der Waals surface area contributed by atoms with Crippen LogP contribution >= 0.6 is 34.7 Å². The van der Waals surface area contributed by atoms with Gasteiger partial charge >= 0.3 is 12.1 Å². The first-order valence-electron chi connectivity index (χ1n) is 17.5. The van der Waals surface area contributed by atoms with Crippen LogP contribution in [-0.4, -0.2) is 72.4 Å². The van der Waals surface area contributed by atoms with Gasteiger partial charge in [0.05, 0.1) is 11.3 Å². The van der Waals surface area contributed by atoms with Crippen molar-refractivity contribution in [2.75, 3.05) is 37.7 Å². The number of hydrogen-bond acceptors (Lipinski definition) is 13. The zero-order valence-corrected chi connectivity index (χ0v) is 33.2. The number of pyridine rings is 1. The van der Waals surface area contributed by atoms with Gasteiger partial charge in [-0.2, -0.15) is 10.5 Å². The number of aromatic nitrogens is 2. The standard InChI is InChI=1S/C39H40ClN7O6S2/c1-24(44-32(48)14-15-43-38(50)53-39(2,3)4)37(49)52-19-18-51-29-12-8-25(9-13-29)33-30(20-41)34(47-16-5-17-47)46-36(31(33)21-42)55-23-28-22-54-35(45-28)26-6-10-27(40)11-7-26/h6-13,22,24H,5,14-19,23H2,1-4H3,(H,43,50)(H,44,48)/t24-/m0/s1. The number of nitrogens with one attached hydrogen (secondary N) is 2. The fraction of sp³-hybridized carbons (Fsp3) is 0.359. The molecule has 4 aromatic rings. The molecule has 1 aliphatic rings. The maximum Gasteiger partial charge on any atom is 0.407 e. The van der Waals surface area contributed by atoms with Crippen LogP contribution in [0.1, 0.15) is 57.4 Å². The molecule has 0 bridgehead atoms. The van der Waals surface area contributed by atoms with E-state index in [0.29, 0.717) is 49.6 Å². The van der Waals surface area contributed by atoms with Crippen LogP contribution in [0.3, 0.4) is 0 Å². The second-order valence-electron chi connectivity index (χ2n) is 13.4. The molecule has 55 heavy (non-hydrogen) atoms. The monoisotopic (exact) mass is 801 g/mol. The molecule has 16 heteroatoms. The molecule has 1 atom stereocenters. The van der Waals surface area contributed by atoms with Gasteiger partial charge in [-0.1, -0.05) is 47.6 Å². The molecule has 3 heterocycles. The fourth-order valence-corrected chi connectivity index (χ4v) is 7.19. The Kier molecular flexibility index (Phi) is 14.0. The maximum absolute atomic E-state index is 12.4. The molecule has 2 aromatic carbocycles. The average molecular weight is 802 g/mol. The van der Waals surface area contributed by atoms with E-state index in [-0.39, 0.29) is 26.2 Å². The number of carbonyl (C=O) groups excluding carboxylic acids is 3. The molecular weight excluding hydrogens is 762 g/mol. The first-order chi connectivity index (χ1) is 26.3. The van der Waals surface area contributed by atoms with E-state index in [0.717, 1.165) is 35.8 Å². The van der Waals surface area contributed by atoms with Crippen molar-refractivity contribution in [3.8, 4) is 39.6 Å². The Morgan fingerprint density at radius 2 is 1.69 bits per heavy atom. The number of thioether (sulfide) groups is 1. The molecule has 1 saturated heterocycles. The highest BCUT2D eigenvalue weighted by molar-refractivity contribution is 7.98. The zero-order valence-electron chi connectivity index (χ0n) is 30.8. The fourth-order valence-electron chi connectivity index (χ4n) is 5.26. The van der Waals surface area contributed by atoms with Crippen molar-refractivity contribution in [2.24, 2.45) is 0 Å². The first-order valence-corrected chi connectivity index (χ1v) is 19.7. The van der Waals surface area contributed by atoms with Gasteiger partial charge in [0.25, 0.3) is 0 Å². The summed E-state index contributed by atoms with van der Waals surface area (Å²) in [7, 11) is 0. The Bertz CT molecular complexity index is 2090. The van der Waals surface area contributed by atoms with Crippen LogP contribution in [-0.2, 0) is 24.8 Å². The van der Waals surface area contributed by atoms with Crippen molar-refractivity contribution in [2.45, 2.75) is 63.0 Å². The van der Waals surface area contributed by atoms with E-state index >= 15 is 0 Å². The van der Waals surface area contributed by atoms with Crippen molar-refractivity contribution < 1.29 is 28.6 Å². The number of amides is 2. The second-order valence-corrected chi connectivity index (χ2v) is 15.6. The smallest absolute Gasteiger partial charge is 0.407 e. The number of hydrogen-bond donors (Lipinski definition) is 2. The number of benzene rings is 2. The number of ether oxygens (including phenoxy) is 3. The first kappa shape index (κ1) is 40.8. The van der Waals surface area contributed by atoms with Crippen molar-refractivity contribution in [1.82, 2.24) is 20.6 Å². The topological polar surface area (TPSA) is 180 Å². The lowest BCUT2D eigenvalue weighted by Crippen LogP contribution is -2.41. The molecule has 2 aromatic heterocycles. The quantitative estimate of drug-likeness (QED) is 0.0708. The van der Waals surface area contributed by atoms with Gasteiger partial charge in [-0.15, -0.1) is 11.3 Å². The summed E-state index contributed by atoms with van der Waals surface area (Å²) in [4.78, 5) is 48.0. The summed E-state index contributed by atoms with van der Waals surface area (Å²) in [5, 5.41) is 29.8. The summed E-state index contributed by atoms with van der Waals surface area (Å²) in [5.41, 5.74) is 2.96. The highest BCUT2D eigenvalue weighted by Gasteiger charge is 2.27. The van der Waals surface area contributed by atoms with Crippen LogP contribution in [0.15, 0.2) is 58.9 Å². The SMILES string of the molecule is C[C@H](NC(=O)CCNC(=O)OC(C)(C)C)C(=O)OCCOc1ccc(-c2c(C#N)c(SCc3csc(-c4ccc(Cl)cc4)n3)nc(N3CCC3)c2C#N)cc1. The molecule has 0 saturated carbocycles. The third-order valence-electron chi connectivity index (χ3n) is 8.01. The van der Waals surface area contributed by atoms with E-state index in [1.807, 2.05) is 34.5 Å². The summed E-state index contributed by atoms with van der Waals surface area (Å²) < 4.78 is 16.2. The Morgan fingerprint density at radius 1 is 1.00 bits per heavy atom. The number of halogens is 1. The Labute approximate surface area is 333 Å². The third-order valence-corrected chi connectivity index (χ3v) is 10.2. The minimum atomic E-state index is -0.908. The summed E-state index contributed by atoms with van der Waals surface area (Å²) in [6.07, 6.45) is 0.313. The van der Waals surface area contributed by atoms with Crippen LogP contribution in [0.2, 0.25) is 5.02 Å². The Balaban J connectivity index is 1.18. The number of nitriles is 2. The van der Waals surface area contributed by atoms with Crippen LogP contribution in [0.25, 0.3) is 21.7 Å². The molecule has 2 amide bonds. The number of thiazole rings is 1. The molecule has 5 rings (SSSR count). The number of nitrogens with zero attached hydrogens (tertiary/aromatic N) is 5. The summed E-state index contributed by atoms with van der Waals surface area (Å²) >= 11 is 8.98. The van der Waals surface area contributed by atoms with E-state index in [4.69, 9.17) is 35.8 Å². The largest absolute Gasteiger partial charge is 0.490 e. The molecule has 1 fully saturated rings. The van der Waals surface area contributed by atoms with Gasteiger partial charge in [0.2, 0.25) is 5.91 Å². The predicted molar refractivity (Wildman–Crippen MR) is 211 cm³/mol. The van der Waals surface area contributed by atoms with Gasteiger partial charge in [0.15, 0.2) is 0 Å². The minimum Gasteiger partial charge on any atom is -0.490 e. The van der Waals surface area contributed by atoms with E-state index in [2.05, 4.69) is 22.8 Å². The van der Waals surface area contributed by atoms with Crippen molar-refractivity contribution in [3.05, 3.63) is 75.8 Å². The lowest BCUT2D eigenvalue weighted by atomic mass is 9.96. The minimum absolute atomic E-state index is 0.0416. The summed E-state index contributed by atoms with van der Waals surface area (Å²) in [6, 6.07) is 18.2. The normalized spacial score (nSPS) is 12.7. The van der Waals surface area contributed by atoms with Gasteiger partial charge in [-0.25, -0.2) is 19.6 Å². The number of carbonyl (C=O) groups is 3. The Hall–Kier alpha value is -5.35. The van der Waals surface area contributed by atoms with E-state index in [9.17, 15) is 24.9 Å². The van der Waals surface area contributed by atoms with Crippen LogP contribution in [0, 0.1) is 22.7 Å². The van der Waals surface area contributed by atoms with Crippen molar-refractivity contribution >= 4 is 58.5 Å². The van der Waals surface area contributed by atoms with Gasteiger partial charge in [0, 0.05) is 53.3 Å². The Morgan fingerprint density at radius 3 is 2.33 bits per heavy atom. The molecular formula is C39H40ClN7O6S2. The van der Waals surface area contributed by atoms with E-state index in [1.54, 1.807) is 45.0 Å². The van der Waals surface area contributed by atoms with Gasteiger partial charge in [-0.05, 0) is 63.9 Å². The van der Waals surface area contributed by atoms with Crippen molar-refractivity contribution in [1.29, 1.82) is 10.5 Å². The summed E-state index contributed by atoms with van der Waals surface area (Å²) in [6.45, 7) is 8.27. The molecule has 0 spiro atoms. The predicted octanol–water partition coefficient (Wildman–Crippen LogP) is 7.11. The number of anilines is 1. The van der Waals surface area contributed by atoms with Crippen molar-refractivity contribution in [3.63, 3.8) is 0 Å². The van der Waals surface area contributed by atoms with E-state index < -0.39 is 29.6 Å². The summed E-state index contributed by atoms with van der Waals surface area (Å²) in [5.74, 6) is 0.447. The highest BCUT2D eigenvalue weighted by Crippen LogP contribution is 2.40. The maximum atomic E-state index is 12.4. The second kappa shape index (κ2) is 18.8. The molecule has 0 aliphatic carbocycles. The van der Waals surface area contributed by atoms with Gasteiger partial charge in [-0.3, -0.25) is 4.79 Å². The van der Waals surface area contributed by atoms with Crippen LogP contribution < -0.4 is 20.3 Å². The molecule has 0 unspecified atom stereocenters. The molecule has 2 N–H and O–H groups in total. The number of alkyl carbamates (subject to hydrolysis) is 1. The van der Waals surface area contributed by atoms with Gasteiger partial charge < -0.3 is 29.7 Å². The van der Waals surface area contributed by atoms with E-state index in [1.165, 1.54) is 30.0 Å². The van der Waals surface area contributed by atoms with Gasteiger partial charge in [0.1, 0.15) is 64.2 Å². The zero-order chi connectivity index (χ0) is 39.5. The number of rotatable bonds is 15. The van der Waals surface area contributed by atoms with Crippen LogP contribution in [0.5, 0.6) is 5.75 Å². The highest BCUT2D eigenvalue weighted by atomic mass is 35.5.